The van der Waals surface area contributed by atoms with E-state index < -0.39 is 0 Å². The summed E-state index contributed by atoms with van der Waals surface area (Å²) in [4.78, 5) is 8.11. The number of nitrogens with zero attached hydrogens (tertiary/aromatic N) is 2. The van der Waals surface area contributed by atoms with Gasteiger partial charge in [-0.05, 0) is 0 Å². The number of nitrogens with two attached hydrogens (primary N) is 1. The first kappa shape index (κ1) is 10.1. The minimum Gasteiger partial charge on any atom is -0.373 e. The zero-order valence-corrected chi connectivity index (χ0v) is 8.85. The van der Waals surface area contributed by atoms with Gasteiger partial charge in [0.05, 0.1) is 0 Å². The van der Waals surface area contributed by atoms with Gasteiger partial charge in [-0.1, -0.05) is 13.8 Å². The molecular weight excluding hydrogens is 184 g/mol. The zero-order valence-electron chi connectivity index (χ0n) is 8.03. The lowest BCUT2D eigenvalue weighted by atomic mass is 10.6. The molecule has 0 bridgehead atoms. The zero-order chi connectivity index (χ0) is 9.84. The van der Waals surface area contributed by atoms with Gasteiger partial charge in [0.1, 0.15) is 10.8 Å². The van der Waals surface area contributed by atoms with Gasteiger partial charge < -0.3 is 11.1 Å². The number of aromatic nitrogens is 2. The van der Waals surface area contributed by atoms with E-state index in [9.17, 15) is 0 Å². The maximum atomic E-state index is 5.54. The van der Waals surface area contributed by atoms with E-state index in [2.05, 4.69) is 29.1 Å². The van der Waals surface area contributed by atoms with Gasteiger partial charge in [-0.25, -0.2) is 4.98 Å². The van der Waals surface area contributed by atoms with Crippen LogP contribution in [0.2, 0.25) is 0 Å². The normalized spacial score (nSPS) is 10.5. The molecule has 72 valence electrons. The van der Waals surface area contributed by atoms with Crippen molar-refractivity contribution in [3.05, 3.63) is 6.07 Å². The minimum absolute atomic E-state index is 0.315. The first-order valence-electron chi connectivity index (χ1n) is 4.10. The van der Waals surface area contributed by atoms with Crippen LogP contribution in [0.3, 0.4) is 0 Å². The first-order chi connectivity index (χ1) is 6.11. The highest BCUT2D eigenvalue weighted by Crippen LogP contribution is 2.22. The summed E-state index contributed by atoms with van der Waals surface area (Å²) in [5.74, 6) is 1.07. The fraction of sp³-hybridized carbons (Fsp3) is 0.500. The first-order valence-corrected chi connectivity index (χ1v) is 4.98. The van der Waals surface area contributed by atoms with Crippen molar-refractivity contribution < 1.29 is 0 Å². The second-order valence-corrected chi connectivity index (χ2v) is 4.46. The van der Waals surface area contributed by atoms with Crippen molar-refractivity contribution >= 4 is 23.5 Å². The fourth-order valence-corrected chi connectivity index (χ4v) is 1.68. The van der Waals surface area contributed by atoms with Crippen molar-refractivity contribution in [3.8, 4) is 0 Å². The van der Waals surface area contributed by atoms with Crippen molar-refractivity contribution in [1.82, 2.24) is 9.97 Å². The Kier molecular flexibility index (Phi) is 3.36. The molecule has 1 aromatic rings. The summed E-state index contributed by atoms with van der Waals surface area (Å²) in [5, 5.41) is 4.35. The predicted molar refractivity (Wildman–Crippen MR) is 57.0 cm³/mol. The second-order valence-electron chi connectivity index (χ2n) is 2.87. The fourth-order valence-electron chi connectivity index (χ4n) is 0.873. The molecule has 0 aliphatic rings. The van der Waals surface area contributed by atoms with E-state index in [0.717, 1.165) is 10.8 Å². The number of rotatable bonds is 3. The molecule has 0 aliphatic heterocycles. The van der Waals surface area contributed by atoms with Crippen LogP contribution in [0, 0.1) is 0 Å². The highest BCUT2D eigenvalue weighted by atomic mass is 32.2. The summed E-state index contributed by atoms with van der Waals surface area (Å²) in [6.07, 6.45) is 0. The average Bonchev–Trinajstić information content (AvgIpc) is 2.01. The molecule has 1 rings (SSSR count). The van der Waals surface area contributed by atoms with Crippen LogP contribution < -0.4 is 11.1 Å². The van der Waals surface area contributed by atoms with Gasteiger partial charge in [-0.3, -0.25) is 0 Å². The van der Waals surface area contributed by atoms with Crippen molar-refractivity contribution in [1.29, 1.82) is 0 Å². The lowest BCUT2D eigenvalue weighted by Gasteiger charge is -2.06. The van der Waals surface area contributed by atoms with Crippen LogP contribution in [0.15, 0.2) is 11.1 Å². The summed E-state index contributed by atoms with van der Waals surface area (Å²) in [5.41, 5.74) is 5.54. The Labute approximate surface area is 82.3 Å². The van der Waals surface area contributed by atoms with Gasteiger partial charge in [0.25, 0.3) is 0 Å². The SMILES string of the molecule is CNc1cc(SC(C)C)nc(N)n1. The Balaban J connectivity index is 2.88. The van der Waals surface area contributed by atoms with E-state index in [-0.39, 0.29) is 0 Å². The third-order valence-electron chi connectivity index (χ3n) is 1.33. The largest absolute Gasteiger partial charge is 0.373 e. The summed E-state index contributed by atoms with van der Waals surface area (Å²) in [7, 11) is 1.81. The maximum Gasteiger partial charge on any atom is 0.223 e. The van der Waals surface area contributed by atoms with Crippen LogP contribution in [0.4, 0.5) is 11.8 Å². The molecule has 1 aromatic heterocycles. The van der Waals surface area contributed by atoms with E-state index in [1.165, 1.54) is 0 Å². The monoisotopic (exact) mass is 198 g/mol. The van der Waals surface area contributed by atoms with E-state index in [4.69, 9.17) is 5.73 Å². The van der Waals surface area contributed by atoms with Gasteiger partial charge in [-0.2, -0.15) is 4.98 Å². The Morgan fingerprint density at radius 1 is 1.46 bits per heavy atom. The third-order valence-corrected chi connectivity index (χ3v) is 2.25. The Bertz CT molecular complexity index is 287. The van der Waals surface area contributed by atoms with Crippen molar-refractivity contribution in [2.24, 2.45) is 0 Å². The molecular formula is C8H14N4S. The standard InChI is InChI=1S/C8H14N4S/c1-5(2)13-7-4-6(10-3)11-8(9)12-7/h4-5H,1-3H3,(H3,9,10,11,12). The van der Waals surface area contributed by atoms with E-state index in [1.54, 1.807) is 11.8 Å². The molecule has 0 aromatic carbocycles. The molecule has 0 amide bonds. The number of hydrogen-bond donors (Lipinski definition) is 2. The number of anilines is 2. The smallest absolute Gasteiger partial charge is 0.223 e. The molecule has 0 aliphatic carbocycles. The number of hydrogen-bond acceptors (Lipinski definition) is 5. The van der Waals surface area contributed by atoms with Crippen molar-refractivity contribution in [2.45, 2.75) is 24.1 Å². The van der Waals surface area contributed by atoms with Crippen LogP contribution in [0.5, 0.6) is 0 Å². The Morgan fingerprint density at radius 3 is 2.69 bits per heavy atom. The second kappa shape index (κ2) is 4.32. The third kappa shape index (κ3) is 3.10. The van der Waals surface area contributed by atoms with Gasteiger partial charge in [0, 0.05) is 18.4 Å². The molecule has 4 nitrogen and oxygen atoms in total. The Morgan fingerprint density at radius 2 is 2.15 bits per heavy atom. The van der Waals surface area contributed by atoms with Gasteiger partial charge in [0.2, 0.25) is 5.95 Å². The van der Waals surface area contributed by atoms with Crippen LogP contribution >= 0.6 is 11.8 Å². The molecule has 0 unspecified atom stereocenters. The predicted octanol–water partition coefficient (Wildman–Crippen LogP) is 1.60. The molecule has 0 radical (unpaired) electrons. The van der Waals surface area contributed by atoms with Gasteiger partial charge >= 0.3 is 0 Å². The summed E-state index contributed by atoms with van der Waals surface area (Å²) < 4.78 is 0. The molecule has 0 saturated heterocycles. The van der Waals surface area contributed by atoms with Gasteiger partial charge in [0.15, 0.2) is 0 Å². The maximum absolute atomic E-state index is 5.54. The molecule has 3 N–H and O–H groups in total. The highest BCUT2D eigenvalue weighted by molar-refractivity contribution is 7.99. The quantitative estimate of drug-likeness (QED) is 0.570. The van der Waals surface area contributed by atoms with Gasteiger partial charge in [-0.15, -0.1) is 11.8 Å². The number of nitrogens with one attached hydrogen (secondary N) is 1. The topological polar surface area (TPSA) is 63.8 Å². The minimum atomic E-state index is 0.315. The molecule has 0 fully saturated rings. The molecule has 0 saturated carbocycles. The molecule has 5 heteroatoms. The number of thioether (sulfide) groups is 1. The van der Waals surface area contributed by atoms with E-state index >= 15 is 0 Å². The van der Waals surface area contributed by atoms with Crippen molar-refractivity contribution in [3.63, 3.8) is 0 Å². The summed E-state index contributed by atoms with van der Waals surface area (Å²) >= 11 is 1.67. The molecule has 1 heterocycles. The van der Waals surface area contributed by atoms with E-state index in [1.807, 2.05) is 13.1 Å². The lowest BCUT2D eigenvalue weighted by molar-refractivity contribution is 1.04. The van der Waals surface area contributed by atoms with Crippen LogP contribution in [-0.2, 0) is 0 Å². The molecule has 0 atom stereocenters. The Hall–Kier alpha value is -0.970. The average molecular weight is 198 g/mol. The van der Waals surface area contributed by atoms with Crippen molar-refractivity contribution in [2.75, 3.05) is 18.1 Å². The van der Waals surface area contributed by atoms with Crippen LogP contribution in [-0.4, -0.2) is 22.3 Å². The van der Waals surface area contributed by atoms with Crippen LogP contribution in [0.1, 0.15) is 13.8 Å². The number of nitrogen functional groups attached to an aromatic ring is 1. The van der Waals surface area contributed by atoms with E-state index in [0.29, 0.717) is 11.2 Å². The summed E-state index contributed by atoms with van der Waals surface area (Å²) in [6, 6.07) is 1.89. The molecule has 0 spiro atoms. The lowest BCUT2D eigenvalue weighted by Crippen LogP contribution is -2.01. The highest BCUT2D eigenvalue weighted by Gasteiger charge is 2.03. The summed E-state index contributed by atoms with van der Waals surface area (Å²) in [6.45, 7) is 4.23. The molecule has 13 heavy (non-hydrogen) atoms. The van der Waals surface area contributed by atoms with Crippen LogP contribution in [0.25, 0.3) is 0 Å².